The fraction of sp³-hybridized carbons (Fsp3) is 0.471. The molecule has 138 valence electrons. The molecular formula is C17H20N4O5. The van der Waals surface area contributed by atoms with E-state index in [1.165, 1.54) is 18.2 Å². The van der Waals surface area contributed by atoms with Crippen LogP contribution in [0.2, 0.25) is 0 Å². The van der Waals surface area contributed by atoms with Gasteiger partial charge in [-0.25, -0.2) is 0 Å². The van der Waals surface area contributed by atoms with Crippen molar-refractivity contribution in [3.8, 4) is 0 Å². The molecule has 1 fully saturated rings. The molecule has 0 bridgehead atoms. The molecule has 3 rings (SSSR count). The molecule has 0 atom stereocenters. The van der Waals surface area contributed by atoms with Crippen molar-refractivity contribution in [1.29, 1.82) is 0 Å². The number of likely N-dealkylation sites (N-methyl/N-ethyl adjacent to an activating group) is 1. The van der Waals surface area contributed by atoms with Gasteiger partial charge in [-0.2, -0.15) is 0 Å². The Morgan fingerprint density at radius 3 is 2.46 bits per heavy atom. The predicted octanol–water partition coefficient (Wildman–Crippen LogP) is 0.745. The van der Waals surface area contributed by atoms with E-state index >= 15 is 0 Å². The molecule has 1 saturated heterocycles. The molecule has 0 spiro atoms. The molecule has 1 aromatic rings. The number of nitro groups is 1. The van der Waals surface area contributed by atoms with Crippen molar-refractivity contribution in [2.45, 2.75) is 13.3 Å². The van der Waals surface area contributed by atoms with Gasteiger partial charge < -0.3 is 9.80 Å². The van der Waals surface area contributed by atoms with Crippen molar-refractivity contribution >= 4 is 23.4 Å². The number of amides is 3. The van der Waals surface area contributed by atoms with E-state index in [2.05, 4.69) is 11.8 Å². The second-order valence-corrected chi connectivity index (χ2v) is 6.28. The second kappa shape index (κ2) is 7.20. The summed E-state index contributed by atoms with van der Waals surface area (Å²) in [6.45, 7) is 5.80. The van der Waals surface area contributed by atoms with Crippen molar-refractivity contribution in [3.63, 3.8) is 0 Å². The summed E-state index contributed by atoms with van der Waals surface area (Å²) in [7, 11) is 0. The van der Waals surface area contributed by atoms with Crippen molar-refractivity contribution in [2.75, 3.05) is 39.3 Å². The first-order valence-electron chi connectivity index (χ1n) is 8.57. The average Bonchev–Trinajstić information content (AvgIpc) is 2.90. The minimum atomic E-state index is -0.707. The highest BCUT2D eigenvalue weighted by Gasteiger charge is 2.41. The molecule has 0 aliphatic carbocycles. The van der Waals surface area contributed by atoms with Gasteiger partial charge in [0.1, 0.15) is 5.56 Å². The Hall–Kier alpha value is -2.81. The zero-order valence-electron chi connectivity index (χ0n) is 14.5. The van der Waals surface area contributed by atoms with E-state index in [-0.39, 0.29) is 35.7 Å². The molecule has 0 saturated carbocycles. The molecule has 1 aromatic carbocycles. The standard InChI is InChI=1S/C17H20N4O5/c1-2-18-8-10-19(11-9-18)14(22)6-7-20-16(23)12-4-3-5-13(21(25)26)15(12)17(20)24/h3-5H,2,6-11H2,1H3. The van der Waals surface area contributed by atoms with E-state index in [1.54, 1.807) is 4.90 Å². The van der Waals surface area contributed by atoms with Crippen LogP contribution in [-0.4, -0.2) is 76.6 Å². The zero-order chi connectivity index (χ0) is 18.8. The lowest BCUT2D eigenvalue weighted by Crippen LogP contribution is -2.49. The highest BCUT2D eigenvalue weighted by Crippen LogP contribution is 2.30. The van der Waals surface area contributed by atoms with E-state index in [9.17, 15) is 24.5 Å². The Bertz CT molecular complexity index is 770. The minimum Gasteiger partial charge on any atom is -0.340 e. The third-order valence-corrected chi connectivity index (χ3v) is 4.90. The third kappa shape index (κ3) is 3.17. The molecule has 0 radical (unpaired) electrons. The number of rotatable bonds is 5. The highest BCUT2D eigenvalue weighted by atomic mass is 16.6. The van der Waals surface area contributed by atoms with Gasteiger partial charge in [-0.3, -0.25) is 29.4 Å². The number of hydrogen-bond donors (Lipinski definition) is 0. The van der Waals surface area contributed by atoms with Crippen LogP contribution >= 0.6 is 0 Å². The monoisotopic (exact) mass is 360 g/mol. The van der Waals surface area contributed by atoms with Crippen molar-refractivity contribution in [1.82, 2.24) is 14.7 Å². The largest absolute Gasteiger partial charge is 0.340 e. The van der Waals surface area contributed by atoms with Gasteiger partial charge in [-0.05, 0) is 12.6 Å². The van der Waals surface area contributed by atoms with E-state index in [4.69, 9.17) is 0 Å². The number of nitrogens with zero attached hydrogens (tertiary/aromatic N) is 4. The number of benzene rings is 1. The molecule has 9 heteroatoms. The summed E-state index contributed by atoms with van der Waals surface area (Å²) in [5, 5.41) is 11.1. The lowest BCUT2D eigenvalue weighted by molar-refractivity contribution is -0.385. The van der Waals surface area contributed by atoms with Gasteiger partial charge in [0.15, 0.2) is 0 Å². The normalized spacial score (nSPS) is 17.6. The fourth-order valence-corrected chi connectivity index (χ4v) is 3.35. The number of piperazine rings is 1. The Balaban J connectivity index is 1.65. The van der Waals surface area contributed by atoms with Crippen LogP contribution in [-0.2, 0) is 4.79 Å². The summed E-state index contributed by atoms with van der Waals surface area (Å²) in [4.78, 5) is 52.6. The first-order valence-corrected chi connectivity index (χ1v) is 8.57. The number of hydrogen-bond acceptors (Lipinski definition) is 6. The quantitative estimate of drug-likeness (QED) is 0.436. The maximum absolute atomic E-state index is 12.5. The lowest BCUT2D eigenvalue weighted by Gasteiger charge is -2.34. The van der Waals surface area contributed by atoms with Crippen molar-refractivity contribution < 1.29 is 19.3 Å². The van der Waals surface area contributed by atoms with Crippen LogP contribution in [0.25, 0.3) is 0 Å². The van der Waals surface area contributed by atoms with E-state index in [0.29, 0.717) is 13.1 Å². The Morgan fingerprint density at radius 2 is 1.85 bits per heavy atom. The van der Waals surface area contributed by atoms with Gasteiger partial charge in [-0.1, -0.05) is 13.0 Å². The minimum absolute atomic E-state index is 0.0192. The van der Waals surface area contributed by atoms with Gasteiger partial charge in [0, 0.05) is 45.2 Å². The molecule has 2 heterocycles. The zero-order valence-corrected chi connectivity index (χ0v) is 14.5. The number of nitro benzene ring substituents is 1. The number of carbonyl (C=O) groups is 3. The van der Waals surface area contributed by atoms with Crippen LogP contribution in [0, 0.1) is 10.1 Å². The maximum Gasteiger partial charge on any atom is 0.282 e. The fourth-order valence-electron chi connectivity index (χ4n) is 3.35. The SMILES string of the molecule is CCN1CCN(C(=O)CCN2C(=O)c3cccc([N+](=O)[O-])c3C2=O)CC1. The topological polar surface area (TPSA) is 104 Å². The summed E-state index contributed by atoms with van der Waals surface area (Å²) in [5.41, 5.74) is -0.551. The molecular weight excluding hydrogens is 340 g/mol. The lowest BCUT2D eigenvalue weighted by atomic mass is 10.1. The van der Waals surface area contributed by atoms with Crippen molar-refractivity contribution in [2.24, 2.45) is 0 Å². The molecule has 0 aromatic heterocycles. The molecule has 2 aliphatic heterocycles. The predicted molar refractivity (Wildman–Crippen MR) is 91.8 cm³/mol. The number of fused-ring (bicyclic) bond motifs is 1. The van der Waals surface area contributed by atoms with Gasteiger partial charge in [0.2, 0.25) is 5.91 Å². The van der Waals surface area contributed by atoms with Crippen LogP contribution in [0.15, 0.2) is 18.2 Å². The van der Waals surface area contributed by atoms with Crippen LogP contribution in [0.3, 0.4) is 0 Å². The van der Waals surface area contributed by atoms with E-state index < -0.39 is 16.7 Å². The Kier molecular flexibility index (Phi) is 4.99. The third-order valence-electron chi connectivity index (χ3n) is 4.90. The molecule has 9 nitrogen and oxygen atoms in total. The van der Waals surface area contributed by atoms with Crippen molar-refractivity contribution in [3.05, 3.63) is 39.4 Å². The van der Waals surface area contributed by atoms with Gasteiger partial charge in [0.05, 0.1) is 10.5 Å². The summed E-state index contributed by atoms with van der Waals surface area (Å²) in [6.07, 6.45) is 0.0192. The second-order valence-electron chi connectivity index (χ2n) is 6.28. The molecule has 3 amide bonds. The summed E-state index contributed by atoms with van der Waals surface area (Å²) < 4.78 is 0. The molecule has 26 heavy (non-hydrogen) atoms. The first kappa shape index (κ1) is 18.0. The van der Waals surface area contributed by atoms with E-state index in [1.807, 2.05) is 0 Å². The summed E-state index contributed by atoms with van der Waals surface area (Å²) in [5.74, 6) is -1.41. The summed E-state index contributed by atoms with van der Waals surface area (Å²) >= 11 is 0. The van der Waals surface area contributed by atoms with Gasteiger partial charge in [0.25, 0.3) is 17.5 Å². The average molecular weight is 360 g/mol. The summed E-state index contributed by atoms with van der Waals surface area (Å²) in [6, 6.07) is 3.98. The van der Waals surface area contributed by atoms with Gasteiger partial charge in [-0.15, -0.1) is 0 Å². The maximum atomic E-state index is 12.5. The highest BCUT2D eigenvalue weighted by molar-refractivity contribution is 6.23. The number of imide groups is 1. The molecule has 0 unspecified atom stereocenters. The van der Waals surface area contributed by atoms with Crippen LogP contribution < -0.4 is 0 Å². The molecule has 2 aliphatic rings. The van der Waals surface area contributed by atoms with E-state index in [0.717, 1.165) is 24.5 Å². The van der Waals surface area contributed by atoms with Gasteiger partial charge >= 0.3 is 0 Å². The Morgan fingerprint density at radius 1 is 1.15 bits per heavy atom. The molecule has 0 N–H and O–H groups in total. The smallest absolute Gasteiger partial charge is 0.282 e. The van der Waals surface area contributed by atoms with Crippen LogP contribution in [0.1, 0.15) is 34.1 Å². The Labute approximate surface area is 150 Å². The van der Waals surface area contributed by atoms with Crippen LogP contribution in [0.4, 0.5) is 5.69 Å². The number of carbonyl (C=O) groups excluding carboxylic acids is 3. The van der Waals surface area contributed by atoms with Crippen LogP contribution in [0.5, 0.6) is 0 Å². The first-order chi connectivity index (χ1) is 12.4.